The maximum absolute atomic E-state index is 6.16. The van der Waals surface area contributed by atoms with E-state index in [0.717, 1.165) is 40.2 Å². The number of aliphatic imine (C=N–C) groups is 1. The van der Waals surface area contributed by atoms with Gasteiger partial charge < -0.3 is 10.6 Å². The second-order valence-corrected chi connectivity index (χ2v) is 6.08. The Morgan fingerprint density at radius 1 is 1.27 bits per heavy atom. The van der Waals surface area contributed by atoms with Gasteiger partial charge in [0.05, 0.1) is 23.8 Å². The molecule has 2 rings (SSSR count). The summed E-state index contributed by atoms with van der Waals surface area (Å²) >= 11 is 7.86. The number of halogens is 1. The SMILES string of the molecule is CCNC(=NCc1ccccc1Cl)NCc1csc(CC)n1. The van der Waals surface area contributed by atoms with Crippen molar-refractivity contribution in [1.29, 1.82) is 0 Å². The van der Waals surface area contributed by atoms with Crippen LogP contribution in [0.15, 0.2) is 34.6 Å². The van der Waals surface area contributed by atoms with Gasteiger partial charge in [-0.25, -0.2) is 9.98 Å². The zero-order chi connectivity index (χ0) is 15.8. The first-order valence-corrected chi connectivity index (χ1v) is 8.67. The number of benzene rings is 1. The Morgan fingerprint density at radius 2 is 2.09 bits per heavy atom. The van der Waals surface area contributed by atoms with Crippen molar-refractivity contribution in [3.05, 3.63) is 50.9 Å². The van der Waals surface area contributed by atoms with Crippen LogP contribution in [0.3, 0.4) is 0 Å². The van der Waals surface area contributed by atoms with Crippen LogP contribution in [-0.2, 0) is 19.5 Å². The van der Waals surface area contributed by atoms with E-state index in [1.54, 1.807) is 11.3 Å². The van der Waals surface area contributed by atoms with Gasteiger partial charge in [-0.3, -0.25) is 0 Å². The molecule has 0 unspecified atom stereocenters. The van der Waals surface area contributed by atoms with Crippen molar-refractivity contribution in [2.45, 2.75) is 33.4 Å². The van der Waals surface area contributed by atoms with Crippen molar-refractivity contribution in [2.24, 2.45) is 4.99 Å². The van der Waals surface area contributed by atoms with Crippen LogP contribution < -0.4 is 10.6 Å². The van der Waals surface area contributed by atoms with E-state index in [2.05, 4.69) is 32.9 Å². The van der Waals surface area contributed by atoms with Gasteiger partial charge in [-0.15, -0.1) is 11.3 Å². The van der Waals surface area contributed by atoms with E-state index in [9.17, 15) is 0 Å². The quantitative estimate of drug-likeness (QED) is 0.625. The first kappa shape index (κ1) is 16.8. The highest BCUT2D eigenvalue weighted by Gasteiger charge is 2.03. The first-order chi connectivity index (χ1) is 10.7. The largest absolute Gasteiger partial charge is 0.357 e. The lowest BCUT2D eigenvalue weighted by atomic mass is 10.2. The normalized spacial score (nSPS) is 11.5. The molecule has 1 heterocycles. The van der Waals surface area contributed by atoms with Crippen molar-refractivity contribution in [3.63, 3.8) is 0 Å². The highest BCUT2D eigenvalue weighted by molar-refractivity contribution is 7.09. The third-order valence-corrected chi connectivity index (χ3v) is 4.46. The lowest BCUT2D eigenvalue weighted by Gasteiger charge is -2.10. The Morgan fingerprint density at radius 3 is 2.77 bits per heavy atom. The average molecular weight is 337 g/mol. The van der Waals surface area contributed by atoms with Crippen molar-refractivity contribution in [1.82, 2.24) is 15.6 Å². The lowest BCUT2D eigenvalue weighted by molar-refractivity contribution is 0.800. The van der Waals surface area contributed by atoms with E-state index in [0.29, 0.717) is 13.1 Å². The molecule has 0 spiro atoms. The minimum absolute atomic E-state index is 0.548. The zero-order valence-electron chi connectivity index (χ0n) is 12.9. The van der Waals surface area contributed by atoms with E-state index >= 15 is 0 Å². The summed E-state index contributed by atoms with van der Waals surface area (Å²) < 4.78 is 0. The van der Waals surface area contributed by atoms with E-state index in [-0.39, 0.29) is 0 Å². The van der Waals surface area contributed by atoms with Gasteiger partial charge in [-0.2, -0.15) is 0 Å². The van der Waals surface area contributed by atoms with Gasteiger partial charge >= 0.3 is 0 Å². The molecule has 0 radical (unpaired) electrons. The highest BCUT2D eigenvalue weighted by Crippen LogP contribution is 2.15. The molecule has 118 valence electrons. The molecule has 0 saturated carbocycles. The summed E-state index contributed by atoms with van der Waals surface area (Å²) in [4.78, 5) is 9.12. The molecule has 0 saturated heterocycles. The number of thiazole rings is 1. The second kappa shape index (κ2) is 8.76. The predicted octanol–water partition coefficient (Wildman–Crippen LogP) is 3.61. The van der Waals surface area contributed by atoms with Gasteiger partial charge in [0, 0.05) is 16.9 Å². The van der Waals surface area contributed by atoms with Crippen LogP contribution in [-0.4, -0.2) is 17.5 Å². The van der Waals surface area contributed by atoms with Gasteiger partial charge in [0.2, 0.25) is 0 Å². The summed E-state index contributed by atoms with van der Waals surface area (Å²) in [5, 5.41) is 10.5. The Hall–Kier alpha value is -1.59. The lowest BCUT2D eigenvalue weighted by Crippen LogP contribution is -2.36. The summed E-state index contributed by atoms with van der Waals surface area (Å²) in [6.07, 6.45) is 0.978. The first-order valence-electron chi connectivity index (χ1n) is 7.41. The predicted molar refractivity (Wildman–Crippen MR) is 94.6 cm³/mol. The summed E-state index contributed by atoms with van der Waals surface area (Å²) in [6, 6.07) is 7.77. The summed E-state index contributed by atoms with van der Waals surface area (Å²) in [6.45, 7) is 6.19. The van der Waals surface area contributed by atoms with Crippen molar-refractivity contribution < 1.29 is 0 Å². The Balaban J connectivity index is 1.96. The van der Waals surface area contributed by atoms with Gasteiger partial charge in [0.15, 0.2) is 5.96 Å². The Bertz CT molecular complexity index is 624. The van der Waals surface area contributed by atoms with Gasteiger partial charge in [-0.1, -0.05) is 36.7 Å². The number of hydrogen-bond donors (Lipinski definition) is 2. The molecule has 6 heteroatoms. The molecule has 0 aliphatic heterocycles. The summed E-state index contributed by atoms with van der Waals surface area (Å²) in [7, 11) is 0. The fourth-order valence-corrected chi connectivity index (χ4v) is 2.84. The van der Waals surface area contributed by atoms with Crippen LogP contribution in [0.2, 0.25) is 5.02 Å². The highest BCUT2D eigenvalue weighted by atomic mass is 35.5. The smallest absolute Gasteiger partial charge is 0.191 e. The van der Waals surface area contributed by atoms with Gasteiger partial charge in [-0.05, 0) is 25.0 Å². The topological polar surface area (TPSA) is 49.3 Å². The second-order valence-electron chi connectivity index (χ2n) is 4.73. The third kappa shape index (κ3) is 5.00. The molecule has 0 aliphatic carbocycles. The number of rotatable bonds is 6. The summed E-state index contributed by atoms with van der Waals surface area (Å²) in [5.41, 5.74) is 2.06. The third-order valence-electron chi connectivity index (χ3n) is 3.05. The standard InChI is InChI=1S/C16H21ClN4S/c1-3-15-21-13(11-22-15)10-20-16(18-4-2)19-9-12-7-5-6-8-14(12)17/h5-8,11H,3-4,9-10H2,1-2H3,(H2,18,19,20). The number of nitrogens with zero attached hydrogens (tertiary/aromatic N) is 2. The van der Waals surface area contributed by atoms with E-state index in [1.165, 1.54) is 0 Å². The van der Waals surface area contributed by atoms with Crippen LogP contribution in [0.1, 0.15) is 30.1 Å². The Kier molecular flexibility index (Phi) is 6.68. The van der Waals surface area contributed by atoms with Crippen molar-refractivity contribution in [3.8, 4) is 0 Å². The fraction of sp³-hybridized carbons (Fsp3) is 0.375. The molecule has 0 bridgehead atoms. The molecule has 0 amide bonds. The number of guanidine groups is 1. The maximum Gasteiger partial charge on any atom is 0.191 e. The molecular weight excluding hydrogens is 316 g/mol. The molecule has 1 aromatic heterocycles. The number of hydrogen-bond acceptors (Lipinski definition) is 3. The Labute approximate surface area is 140 Å². The van der Waals surface area contributed by atoms with E-state index in [4.69, 9.17) is 11.6 Å². The van der Waals surface area contributed by atoms with Crippen molar-refractivity contribution in [2.75, 3.05) is 6.54 Å². The number of aryl methyl sites for hydroxylation is 1. The molecule has 2 aromatic rings. The molecule has 2 N–H and O–H groups in total. The van der Waals surface area contributed by atoms with Crippen LogP contribution in [0.4, 0.5) is 0 Å². The average Bonchev–Trinajstić information content (AvgIpc) is 2.99. The maximum atomic E-state index is 6.16. The molecule has 0 aliphatic rings. The minimum Gasteiger partial charge on any atom is -0.357 e. The molecule has 0 atom stereocenters. The van der Waals surface area contributed by atoms with Crippen LogP contribution >= 0.6 is 22.9 Å². The van der Waals surface area contributed by atoms with E-state index < -0.39 is 0 Å². The molecule has 0 fully saturated rings. The van der Waals surface area contributed by atoms with Gasteiger partial charge in [0.1, 0.15) is 0 Å². The molecule has 1 aromatic carbocycles. The molecule has 22 heavy (non-hydrogen) atoms. The fourth-order valence-electron chi connectivity index (χ4n) is 1.90. The number of aromatic nitrogens is 1. The van der Waals surface area contributed by atoms with Gasteiger partial charge in [0.25, 0.3) is 0 Å². The van der Waals surface area contributed by atoms with Crippen molar-refractivity contribution >= 4 is 28.9 Å². The minimum atomic E-state index is 0.548. The van der Waals surface area contributed by atoms with Crippen LogP contribution in [0.25, 0.3) is 0 Å². The number of nitrogens with one attached hydrogen (secondary N) is 2. The van der Waals surface area contributed by atoms with E-state index in [1.807, 2.05) is 31.2 Å². The monoisotopic (exact) mass is 336 g/mol. The van der Waals surface area contributed by atoms with Crippen LogP contribution in [0, 0.1) is 0 Å². The molecule has 4 nitrogen and oxygen atoms in total. The molecular formula is C16H21ClN4S. The summed E-state index contributed by atoms with van der Waals surface area (Å²) in [5.74, 6) is 0.772. The zero-order valence-corrected chi connectivity index (χ0v) is 14.5. The van der Waals surface area contributed by atoms with Crippen LogP contribution in [0.5, 0.6) is 0 Å².